The van der Waals surface area contributed by atoms with Gasteiger partial charge in [-0.15, -0.1) is 0 Å². The number of carbonyl (C=O) groups is 1. The molecule has 0 radical (unpaired) electrons. The number of nitriles is 1. The van der Waals surface area contributed by atoms with E-state index in [2.05, 4.69) is 4.98 Å². The summed E-state index contributed by atoms with van der Waals surface area (Å²) in [5.41, 5.74) is 1.18. The Balaban J connectivity index is 2.77. The van der Waals surface area contributed by atoms with Gasteiger partial charge < -0.3 is 5.11 Å². The number of aliphatic carboxylic acids is 1. The van der Waals surface area contributed by atoms with Gasteiger partial charge >= 0.3 is 5.97 Å². The molecule has 0 aliphatic carbocycles. The van der Waals surface area contributed by atoms with Crippen molar-refractivity contribution in [2.75, 3.05) is 0 Å². The number of aromatic nitrogens is 1. The molecule has 0 spiro atoms. The van der Waals surface area contributed by atoms with Crippen molar-refractivity contribution in [3.8, 4) is 6.07 Å². The van der Waals surface area contributed by atoms with E-state index in [1.54, 1.807) is 18.3 Å². The standard InChI is InChI=1S/C10H10N2O2/c1-7(4-10(13)14)8-2-3-9(5-11)12-6-8/h2-3,6-7H,4H2,1H3,(H,13,14). The lowest BCUT2D eigenvalue weighted by Crippen LogP contribution is -2.03. The first-order chi connectivity index (χ1) is 6.63. The van der Waals surface area contributed by atoms with Crippen molar-refractivity contribution in [1.29, 1.82) is 5.26 Å². The normalized spacial score (nSPS) is 11.7. The van der Waals surface area contributed by atoms with E-state index in [4.69, 9.17) is 10.4 Å². The summed E-state index contributed by atoms with van der Waals surface area (Å²) in [6.45, 7) is 1.82. The Morgan fingerprint density at radius 1 is 1.71 bits per heavy atom. The van der Waals surface area contributed by atoms with Crippen LogP contribution in [0.4, 0.5) is 0 Å². The van der Waals surface area contributed by atoms with E-state index in [9.17, 15) is 4.79 Å². The van der Waals surface area contributed by atoms with Crippen molar-refractivity contribution >= 4 is 5.97 Å². The van der Waals surface area contributed by atoms with Crippen molar-refractivity contribution < 1.29 is 9.90 Å². The minimum atomic E-state index is -0.832. The van der Waals surface area contributed by atoms with Crippen molar-refractivity contribution in [2.45, 2.75) is 19.3 Å². The van der Waals surface area contributed by atoms with Gasteiger partial charge in [0.15, 0.2) is 0 Å². The predicted octanol–water partition coefficient (Wildman–Crippen LogP) is 1.53. The molecular weight excluding hydrogens is 180 g/mol. The number of hydrogen-bond acceptors (Lipinski definition) is 3. The van der Waals surface area contributed by atoms with Crippen LogP contribution in [-0.2, 0) is 4.79 Å². The largest absolute Gasteiger partial charge is 0.481 e. The molecule has 1 N–H and O–H groups in total. The predicted molar refractivity (Wildman–Crippen MR) is 49.6 cm³/mol. The average molecular weight is 190 g/mol. The van der Waals surface area contributed by atoms with Gasteiger partial charge in [0.2, 0.25) is 0 Å². The van der Waals surface area contributed by atoms with E-state index in [1.165, 1.54) is 0 Å². The Bertz CT molecular complexity index is 365. The van der Waals surface area contributed by atoms with E-state index in [0.717, 1.165) is 5.56 Å². The highest BCUT2D eigenvalue weighted by Crippen LogP contribution is 2.17. The maximum atomic E-state index is 10.4. The lowest BCUT2D eigenvalue weighted by Gasteiger charge is -2.07. The zero-order valence-corrected chi connectivity index (χ0v) is 7.77. The fourth-order valence-corrected chi connectivity index (χ4v) is 1.14. The van der Waals surface area contributed by atoms with Crippen LogP contribution in [0, 0.1) is 11.3 Å². The molecule has 0 aliphatic heterocycles. The molecule has 1 heterocycles. The summed E-state index contributed by atoms with van der Waals surface area (Å²) in [7, 11) is 0. The number of pyridine rings is 1. The molecule has 0 saturated heterocycles. The van der Waals surface area contributed by atoms with Gasteiger partial charge in [-0.05, 0) is 17.5 Å². The molecule has 0 saturated carbocycles. The molecule has 4 nitrogen and oxygen atoms in total. The molecule has 0 aromatic carbocycles. The van der Waals surface area contributed by atoms with Crippen LogP contribution >= 0.6 is 0 Å². The molecule has 4 heteroatoms. The van der Waals surface area contributed by atoms with Gasteiger partial charge in [-0.3, -0.25) is 4.79 Å². The first-order valence-electron chi connectivity index (χ1n) is 4.21. The van der Waals surface area contributed by atoms with Gasteiger partial charge in [-0.25, -0.2) is 4.98 Å². The van der Waals surface area contributed by atoms with Crippen molar-refractivity contribution in [1.82, 2.24) is 4.98 Å². The van der Waals surface area contributed by atoms with Crippen LogP contribution in [0.3, 0.4) is 0 Å². The van der Waals surface area contributed by atoms with Crippen LogP contribution in [0.1, 0.15) is 30.5 Å². The third kappa shape index (κ3) is 2.56. The summed E-state index contributed by atoms with van der Waals surface area (Å²) in [5, 5.41) is 17.1. The van der Waals surface area contributed by atoms with E-state index in [1.807, 2.05) is 13.0 Å². The number of carboxylic acids is 1. The quantitative estimate of drug-likeness (QED) is 0.784. The van der Waals surface area contributed by atoms with Crippen LogP contribution < -0.4 is 0 Å². The third-order valence-electron chi connectivity index (χ3n) is 1.95. The van der Waals surface area contributed by atoms with Gasteiger partial charge in [0.1, 0.15) is 11.8 Å². The second kappa shape index (κ2) is 4.38. The van der Waals surface area contributed by atoms with Crippen LogP contribution in [0.5, 0.6) is 0 Å². The average Bonchev–Trinajstić information content (AvgIpc) is 2.17. The minimum absolute atomic E-state index is 0.0762. The van der Waals surface area contributed by atoms with Crippen LogP contribution in [0.25, 0.3) is 0 Å². The monoisotopic (exact) mass is 190 g/mol. The number of nitrogens with zero attached hydrogens (tertiary/aromatic N) is 2. The van der Waals surface area contributed by atoms with Crippen LogP contribution in [-0.4, -0.2) is 16.1 Å². The third-order valence-corrected chi connectivity index (χ3v) is 1.95. The fraction of sp³-hybridized carbons (Fsp3) is 0.300. The SMILES string of the molecule is CC(CC(=O)O)c1ccc(C#N)nc1. The Morgan fingerprint density at radius 2 is 2.43 bits per heavy atom. The Kier molecular flexibility index (Phi) is 3.19. The number of hydrogen-bond donors (Lipinski definition) is 1. The van der Waals surface area contributed by atoms with Gasteiger partial charge in [-0.2, -0.15) is 5.26 Å². The maximum Gasteiger partial charge on any atom is 0.303 e. The highest BCUT2D eigenvalue weighted by atomic mass is 16.4. The van der Waals surface area contributed by atoms with Gasteiger partial charge in [0.05, 0.1) is 6.42 Å². The highest BCUT2D eigenvalue weighted by molar-refractivity contribution is 5.67. The zero-order valence-electron chi connectivity index (χ0n) is 7.77. The van der Waals surface area contributed by atoms with Gasteiger partial charge in [-0.1, -0.05) is 13.0 Å². The Morgan fingerprint density at radius 3 is 2.86 bits per heavy atom. The minimum Gasteiger partial charge on any atom is -0.481 e. The number of rotatable bonds is 3. The molecule has 1 rings (SSSR count). The molecule has 14 heavy (non-hydrogen) atoms. The first kappa shape index (κ1) is 10.2. The van der Waals surface area contributed by atoms with Crippen molar-refractivity contribution in [3.63, 3.8) is 0 Å². The molecule has 72 valence electrons. The van der Waals surface area contributed by atoms with Crippen LogP contribution in [0.15, 0.2) is 18.3 Å². The van der Waals surface area contributed by atoms with Crippen molar-refractivity contribution in [2.24, 2.45) is 0 Å². The number of carboxylic acid groups (broad SMARTS) is 1. The molecule has 1 atom stereocenters. The maximum absolute atomic E-state index is 10.4. The second-order valence-electron chi connectivity index (χ2n) is 3.09. The molecule has 0 fully saturated rings. The zero-order chi connectivity index (χ0) is 10.6. The lowest BCUT2D eigenvalue weighted by molar-refractivity contribution is -0.137. The summed E-state index contributed by atoms with van der Waals surface area (Å²) in [6.07, 6.45) is 1.62. The van der Waals surface area contributed by atoms with E-state index < -0.39 is 5.97 Å². The topological polar surface area (TPSA) is 74.0 Å². The summed E-state index contributed by atoms with van der Waals surface area (Å²) >= 11 is 0. The first-order valence-corrected chi connectivity index (χ1v) is 4.21. The summed E-state index contributed by atoms with van der Waals surface area (Å²) in [4.78, 5) is 14.3. The van der Waals surface area contributed by atoms with E-state index in [-0.39, 0.29) is 12.3 Å². The summed E-state index contributed by atoms with van der Waals surface area (Å²) in [5.74, 6) is -0.908. The summed E-state index contributed by atoms with van der Waals surface area (Å²) < 4.78 is 0. The van der Waals surface area contributed by atoms with Crippen molar-refractivity contribution in [3.05, 3.63) is 29.6 Å². The van der Waals surface area contributed by atoms with Gasteiger partial charge in [0.25, 0.3) is 0 Å². The van der Waals surface area contributed by atoms with E-state index >= 15 is 0 Å². The molecule has 1 unspecified atom stereocenters. The lowest BCUT2D eigenvalue weighted by atomic mass is 10.00. The highest BCUT2D eigenvalue weighted by Gasteiger charge is 2.10. The Hall–Kier alpha value is -1.89. The molecule has 0 bridgehead atoms. The Labute approximate surface area is 81.8 Å². The summed E-state index contributed by atoms with van der Waals surface area (Å²) in [6, 6.07) is 5.23. The second-order valence-corrected chi connectivity index (χ2v) is 3.09. The molecular formula is C10H10N2O2. The smallest absolute Gasteiger partial charge is 0.303 e. The molecule has 0 aliphatic rings. The molecule has 1 aromatic rings. The fourth-order valence-electron chi connectivity index (χ4n) is 1.14. The molecule has 0 amide bonds. The molecule has 1 aromatic heterocycles. The van der Waals surface area contributed by atoms with E-state index in [0.29, 0.717) is 5.69 Å². The van der Waals surface area contributed by atoms with Crippen LogP contribution in [0.2, 0.25) is 0 Å². The van der Waals surface area contributed by atoms with Gasteiger partial charge in [0, 0.05) is 6.20 Å².